The lowest BCUT2D eigenvalue weighted by molar-refractivity contribution is -0.0740. The van der Waals surface area contributed by atoms with Gasteiger partial charge in [0.05, 0.1) is 0 Å². The molecule has 0 spiro atoms. The van der Waals surface area contributed by atoms with Gasteiger partial charge in [-0.15, -0.1) is 0 Å². The highest BCUT2D eigenvalue weighted by Gasteiger charge is 2.43. The van der Waals surface area contributed by atoms with Crippen LogP contribution < -0.4 is 5.32 Å². The number of hydrogen-bond donors (Lipinski definition) is 1. The molecule has 5 nitrogen and oxygen atoms in total. The summed E-state index contributed by atoms with van der Waals surface area (Å²) < 4.78 is 11.1. The van der Waals surface area contributed by atoms with E-state index < -0.39 is 0 Å². The zero-order valence-corrected chi connectivity index (χ0v) is 13.3. The van der Waals surface area contributed by atoms with Crippen LogP contribution in [-0.2, 0) is 10.3 Å². The normalized spacial score (nSPS) is 21.1. The lowest BCUT2D eigenvalue weighted by atomic mass is 9.70. The van der Waals surface area contributed by atoms with Crippen molar-refractivity contribution in [3.05, 3.63) is 5.82 Å². The summed E-state index contributed by atoms with van der Waals surface area (Å²) in [5, 5.41) is 7.30. The van der Waals surface area contributed by atoms with E-state index in [4.69, 9.17) is 9.26 Å². The maximum Gasteiger partial charge on any atom is 0.321 e. The summed E-state index contributed by atoms with van der Waals surface area (Å²) in [5.41, 5.74) is 0.00126. The first-order valence-electron chi connectivity index (χ1n) is 7.50. The molecule has 1 aromatic rings. The van der Waals surface area contributed by atoms with E-state index in [1.807, 2.05) is 0 Å². The first kappa shape index (κ1) is 15.3. The number of hydrogen-bond acceptors (Lipinski definition) is 5. The molecule has 114 valence electrons. The molecular weight excluding hydrogens is 254 g/mol. The van der Waals surface area contributed by atoms with Gasteiger partial charge in [0.1, 0.15) is 5.60 Å². The fourth-order valence-electron chi connectivity index (χ4n) is 2.62. The number of nitrogens with zero attached hydrogens (tertiary/aromatic N) is 2. The minimum absolute atomic E-state index is 0.378. The number of ether oxygens (including phenoxy) is 1. The van der Waals surface area contributed by atoms with E-state index in [2.05, 4.69) is 43.2 Å². The molecule has 1 aliphatic rings. The van der Waals surface area contributed by atoms with Crippen LogP contribution in [0.25, 0.3) is 0 Å². The quantitative estimate of drug-likeness (QED) is 0.894. The van der Waals surface area contributed by atoms with Crippen molar-refractivity contribution in [2.45, 2.75) is 59.0 Å². The summed E-state index contributed by atoms with van der Waals surface area (Å²) in [7, 11) is 1.75. The Morgan fingerprint density at radius 1 is 1.25 bits per heavy atom. The van der Waals surface area contributed by atoms with Crippen LogP contribution in [0.15, 0.2) is 4.52 Å². The van der Waals surface area contributed by atoms with Gasteiger partial charge < -0.3 is 14.6 Å². The van der Waals surface area contributed by atoms with Crippen LogP contribution in [0.5, 0.6) is 0 Å². The molecule has 5 heteroatoms. The molecule has 0 amide bonds. The van der Waals surface area contributed by atoms with Crippen molar-refractivity contribution in [2.24, 2.45) is 11.3 Å². The summed E-state index contributed by atoms with van der Waals surface area (Å²) in [6.07, 6.45) is 4.12. The Kier molecular flexibility index (Phi) is 4.37. The fourth-order valence-corrected chi connectivity index (χ4v) is 2.62. The molecule has 0 atom stereocenters. The van der Waals surface area contributed by atoms with E-state index in [-0.39, 0.29) is 5.60 Å². The summed E-state index contributed by atoms with van der Waals surface area (Å²) in [5.74, 6) is 1.22. The number of methoxy groups -OCH3 is 1. The molecule has 0 unspecified atom stereocenters. The smallest absolute Gasteiger partial charge is 0.321 e. The average Bonchev–Trinajstić information content (AvgIpc) is 2.86. The van der Waals surface area contributed by atoms with E-state index in [9.17, 15) is 0 Å². The van der Waals surface area contributed by atoms with Gasteiger partial charge >= 0.3 is 6.01 Å². The molecule has 1 heterocycles. The van der Waals surface area contributed by atoms with Crippen molar-refractivity contribution in [3.63, 3.8) is 0 Å². The molecule has 0 saturated heterocycles. The molecule has 1 fully saturated rings. The highest BCUT2D eigenvalue weighted by atomic mass is 16.5. The van der Waals surface area contributed by atoms with Gasteiger partial charge in [0, 0.05) is 13.7 Å². The Labute approximate surface area is 121 Å². The highest BCUT2D eigenvalue weighted by Crippen LogP contribution is 2.46. The monoisotopic (exact) mass is 281 g/mol. The third kappa shape index (κ3) is 3.32. The largest absolute Gasteiger partial charge is 0.370 e. The molecule has 1 saturated carbocycles. The first-order chi connectivity index (χ1) is 9.37. The van der Waals surface area contributed by atoms with Gasteiger partial charge in [0.2, 0.25) is 5.82 Å². The summed E-state index contributed by atoms with van der Waals surface area (Å²) in [6, 6.07) is 0.495. The third-order valence-electron chi connectivity index (χ3n) is 4.30. The lowest BCUT2D eigenvalue weighted by Crippen LogP contribution is -2.37. The summed E-state index contributed by atoms with van der Waals surface area (Å²) in [4.78, 5) is 4.48. The van der Waals surface area contributed by atoms with Gasteiger partial charge in [-0.25, -0.2) is 0 Å². The molecule has 0 aromatic carbocycles. The predicted molar refractivity (Wildman–Crippen MR) is 78.6 cm³/mol. The van der Waals surface area contributed by atoms with E-state index >= 15 is 0 Å². The molecular formula is C15H27N3O2. The Morgan fingerprint density at radius 3 is 2.45 bits per heavy atom. The van der Waals surface area contributed by atoms with Crippen molar-refractivity contribution in [1.82, 2.24) is 10.1 Å². The minimum atomic E-state index is -0.378. The third-order valence-corrected chi connectivity index (χ3v) is 4.30. The van der Waals surface area contributed by atoms with E-state index in [1.54, 1.807) is 7.11 Å². The van der Waals surface area contributed by atoms with Crippen molar-refractivity contribution < 1.29 is 9.26 Å². The second kappa shape index (κ2) is 5.72. The van der Waals surface area contributed by atoms with Gasteiger partial charge in [-0.05, 0) is 37.0 Å². The maximum atomic E-state index is 5.78. The zero-order chi connectivity index (χ0) is 14.8. The van der Waals surface area contributed by atoms with Crippen molar-refractivity contribution >= 4 is 6.01 Å². The second-order valence-electron chi connectivity index (χ2n) is 7.06. The van der Waals surface area contributed by atoms with E-state index in [0.29, 0.717) is 23.2 Å². The Morgan fingerprint density at radius 2 is 1.90 bits per heavy atom. The summed E-state index contributed by atoms with van der Waals surface area (Å²) in [6.45, 7) is 9.72. The van der Waals surface area contributed by atoms with Crippen LogP contribution in [0.1, 0.15) is 59.2 Å². The van der Waals surface area contributed by atoms with Gasteiger partial charge in [-0.2, -0.15) is 4.98 Å². The van der Waals surface area contributed by atoms with Gasteiger partial charge in [-0.3, -0.25) is 0 Å². The molecule has 0 radical (unpaired) electrons. The van der Waals surface area contributed by atoms with Gasteiger partial charge in [-0.1, -0.05) is 32.9 Å². The molecule has 0 aliphatic heterocycles. The van der Waals surface area contributed by atoms with Crippen LogP contribution in [0, 0.1) is 11.3 Å². The SMILES string of the molecule is COC1(c2noc(NCC(C)C)n2)CCC(C)(C)CC1. The van der Waals surface area contributed by atoms with E-state index in [0.717, 1.165) is 32.2 Å². The minimum Gasteiger partial charge on any atom is -0.370 e. The molecule has 1 N–H and O–H groups in total. The number of nitrogens with one attached hydrogen (secondary N) is 1. The molecule has 1 aromatic heterocycles. The Balaban J connectivity index is 2.08. The topological polar surface area (TPSA) is 60.2 Å². The molecule has 20 heavy (non-hydrogen) atoms. The van der Waals surface area contributed by atoms with Crippen molar-refractivity contribution in [1.29, 1.82) is 0 Å². The van der Waals surface area contributed by atoms with Crippen LogP contribution in [-0.4, -0.2) is 23.8 Å². The Bertz CT molecular complexity index is 430. The lowest BCUT2D eigenvalue weighted by Gasteiger charge is -2.40. The molecule has 0 bridgehead atoms. The van der Waals surface area contributed by atoms with Gasteiger partial charge in [0.25, 0.3) is 0 Å². The Hall–Kier alpha value is -1.10. The van der Waals surface area contributed by atoms with Crippen LogP contribution in [0.4, 0.5) is 6.01 Å². The average molecular weight is 281 g/mol. The maximum absolute atomic E-state index is 5.78. The second-order valence-corrected chi connectivity index (χ2v) is 7.06. The zero-order valence-electron chi connectivity index (χ0n) is 13.3. The van der Waals surface area contributed by atoms with Gasteiger partial charge in [0.15, 0.2) is 0 Å². The van der Waals surface area contributed by atoms with Crippen molar-refractivity contribution in [3.8, 4) is 0 Å². The predicted octanol–water partition coefficient (Wildman–Crippen LogP) is 3.58. The summed E-state index contributed by atoms with van der Waals surface area (Å²) >= 11 is 0. The van der Waals surface area contributed by atoms with Crippen LogP contribution >= 0.6 is 0 Å². The number of anilines is 1. The van der Waals surface area contributed by atoms with E-state index in [1.165, 1.54) is 0 Å². The van der Waals surface area contributed by atoms with Crippen LogP contribution in [0.3, 0.4) is 0 Å². The van der Waals surface area contributed by atoms with Crippen molar-refractivity contribution in [2.75, 3.05) is 19.0 Å². The number of rotatable bonds is 5. The standard InChI is InChI=1S/C15H27N3O2/c1-11(2)10-16-13-17-12(18-20-13)15(19-5)8-6-14(3,4)7-9-15/h11H,6-10H2,1-5H3,(H,16,17,18). The van der Waals surface area contributed by atoms with Crippen LogP contribution in [0.2, 0.25) is 0 Å². The molecule has 2 rings (SSSR count). The number of aromatic nitrogens is 2. The highest BCUT2D eigenvalue weighted by molar-refractivity contribution is 5.20. The molecule has 1 aliphatic carbocycles. The first-order valence-corrected chi connectivity index (χ1v) is 7.50. The fraction of sp³-hybridized carbons (Fsp3) is 0.867.